The molecule has 2 unspecified atom stereocenters. The molecule has 39 heavy (non-hydrogen) atoms. The van der Waals surface area contributed by atoms with Crippen molar-refractivity contribution < 1.29 is 43.2 Å². The number of amides is 3. The van der Waals surface area contributed by atoms with Crippen LogP contribution in [0.1, 0.15) is 43.6 Å². The number of fused-ring (bicyclic) bond motifs is 1. The SMILES string of the molecule is COC(=O)OOCC(=O)C(C[C@@H]1CCNC1=O)NC(=O)C(CC(C)C)NC(=O)c1cc2c(OC)cccc2[nH]1. The van der Waals surface area contributed by atoms with Gasteiger partial charge in [0.15, 0.2) is 12.4 Å². The Morgan fingerprint density at radius 3 is 2.51 bits per heavy atom. The van der Waals surface area contributed by atoms with Crippen LogP contribution in [0.2, 0.25) is 0 Å². The summed E-state index contributed by atoms with van der Waals surface area (Å²) >= 11 is 0. The zero-order valence-corrected chi connectivity index (χ0v) is 22.3. The molecule has 3 rings (SSSR count). The molecule has 1 aliphatic rings. The highest BCUT2D eigenvalue weighted by Crippen LogP contribution is 2.26. The summed E-state index contributed by atoms with van der Waals surface area (Å²) in [6, 6.07) is 4.89. The minimum Gasteiger partial charge on any atom is -0.496 e. The third-order valence-corrected chi connectivity index (χ3v) is 6.30. The van der Waals surface area contributed by atoms with Gasteiger partial charge in [-0.05, 0) is 43.4 Å². The summed E-state index contributed by atoms with van der Waals surface area (Å²) in [7, 11) is 2.61. The van der Waals surface area contributed by atoms with Gasteiger partial charge in [0.05, 0.1) is 20.3 Å². The molecule has 2 heterocycles. The number of Topliss-reactive ketones (excluding diaryl/α,β-unsaturated/α-hetero) is 1. The number of hydrogen-bond acceptors (Lipinski definition) is 9. The van der Waals surface area contributed by atoms with Crippen molar-refractivity contribution in [3.63, 3.8) is 0 Å². The topological polar surface area (TPSA) is 174 Å². The Morgan fingerprint density at radius 1 is 1.10 bits per heavy atom. The van der Waals surface area contributed by atoms with Gasteiger partial charge in [-0.15, -0.1) is 0 Å². The number of aromatic amines is 1. The van der Waals surface area contributed by atoms with Crippen molar-refractivity contribution in [1.82, 2.24) is 20.9 Å². The quantitative estimate of drug-likeness (QED) is 0.165. The minimum absolute atomic E-state index is 0.0160. The molecular formula is C26H34N4O9. The number of benzene rings is 1. The summed E-state index contributed by atoms with van der Waals surface area (Å²) in [5.41, 5.74) is 0.929. The molecule has 3 atom stereocenters. The van der Waals surface area contributed by atoms with Crippen molar-refractivity contribution in [3.05, 3.63) is 30.0 Å². The molecule has 1 aromatic heterocycles. The second-order valence-corrected chi connectivity index (χ2v) is 9.60. The van der Waals surface area contributed by atoms with Crippen molar-refractivity contribution in [1.29, 1.82) is 0 Å². The van der Waals surface area contributed by atoms with Crippen LogP contribution in [0.5, 0.6) is 5.75 Å². The summed E-state index contributed by atoms with van der Waals surface area (Å²) in [4.78, 5) is 74.6. The lowest BCUT2D eigenvalue weighted by Crippen LogP contribution is -2.53. The van der Waals surface area contributed by atoms with Crippen molar-refractivity contribution in [2.75, 3.05) is 27.4 Å². The smallest absolute Gasteiger partial charge is 0.496 e. The number of hydrogen-bond donors (Lipinski definition) is 4. The van der Waals surface area contributed by atoms with Crippen LogP contribution in [0.25, 0.3) is 10.9 Å². The number of ether oxygens (including phenoxy) is 2. The van der Waals surface area contributed by atoms with E-state index in [0.717, 1.165) is 7.11 Å². The fourth-order valence-corrected chi connectivity index (χ4v) is 4.33. The number of carbonyl (C=O) groups is 5. The molecule has 1 aromatic carbocycles. The fourth-order valence-electron chi connectivity index (χ4n) is 4.33. The van der Waals surface area contributed by atoms with E-state index in [1.54, 1.807) is 24.3 Å². The van der Waals surface area contributed by atoms with Crippen LogP contribution < -0.4 is 20.7 Å². The zero-order valence-electron chi connectivity index (χ0n) is 22.3. The number of methoxy groups -OCH3 is 2. The summed E-state index contributed by atoms with van der Waals surface area (Å²) in [6.07, 6.45) is -0.350. The van der Waals surface area contributed by atoms with Gasteiger partial charge in [0.2, 0.25) is 11.8 Å². The lowest BCUT2D eigenvalue weighted by Gasteiger charge is -2.24. The van der Waals surface area contributed by atoms with Gasteiger partial charge in [0.1, 0.15) is 17.5 Å². The third-order valence-electron chi connectivity index (χ3n) is 6.30. The molecule has 3 amide bonds. The Morgan fingerprint density at radius 2 is 1.87 bits per heavy atom. The Balaban J connectivity index is 1.74. The summed E-state index contributed by atoms with van der Waals surface area (Å²) in [6.45, 7) is 3.57. The van der Waals surface area contributed by atoms with Crippen LogP contribution in [0.3, 0.4) is 0 Å². The summed E-state index contributed by atoms with van der Waals surface area (Å²) in [5, 5.41) is 8.81. The third kappa shape index (κ3) is 7.93. The Labute approximate surface area is 225 Å². The van der Waals surface area contributed by atoms with Gasteiger partial charge in [-0.2, -0.15) is 4.89 Å². The maximum Gasteiger partial charge on any atom is 0.540 e. The monoisotopic (exact) mass is 546 g/mol. The first kappa shape index (κ1) is 29.4. The fraction of sp³-hybridized carbons (Fsp3) is 0.500. The van der Waals surface area contributed by atoms with Gasteiger partial charge in [-0.25, -0.2) is 4.79 Å². The Kier molecular flexibility index (Phi) is 10.3. The molecular weight excluding hydrogens is 512 g/mol. The van der Waals surface area contributed by atoms with Crippen LogP contribution in [0.15, 0.2) is 24.3 Å². The maximum atomic E-state index is 13.4. The normalized spacial score (nSPS) is 16.3. The number of H-pyrrole nitrogens is 1. The van der Waals surface area contributed by atoms with Crippen LogP contribution >= 0.6 is 0 Å². The average Bonchev–Trinajstić information content (AvgIpc) is 3.53. The van der Waals surface area contributed by atoms with Crippen LogP contribution in [-0.4, -0.2) is 74.1 Å². The van der Waals surface area contributed by atoms with Crippen molar-refractivity contribution in [2.45, 2.75) is 45.2 Å². The van der Waals surface area contributed by atoms with Crippen molar-refractivity contribution in [3.8, 4) is 5.75 Å². The highest BCUT2D eigenvalue weighted by atomic mass is 17.2. The maximum absolute atomic E-state index is 13.4. The number of rotatable bonds is 13. The molecule has 0 aliphatic carbocycles. The van der Waals surface area contributed by atoms with Gasteiger partial charge in [0, 0.05) is 23.4 Å². The van der Waals surface area contributed by atoms with Crippen molar-refractivity contribution in [2.24, 2.45) is 11.8 Å². The predicted octanol–water partition coefficient (Wildman–Crippen LogP) is 1.62. The first-order chi connectivity index (χ1) is 18.6. The molecule has 1 aliphatic heterocycles. The molecule has 0 radical (unpaired) electrons. The molecule has 0 bridgehead atoms. The Hall–Kier alpha value is -4.13. The summed E-state index contributed by atoms with van der Waals surface area (Å²) in [5.74, 6) is -1.84. The molecule has 2 aromatic rings. The van der Waals surface area contributed by atoms with E-state index in [4.69, 9.17) is 4.74 Å². The van der Waals surface area contributed by atoms with Gasteiger partial charge in [-0.1, -0.05) is 19.9 Å². The molecule has 4 N–H and O–H groups in total. The second-order valence-electron chi connectivity index (χ2n) is 9.60. The molecule has 0 spiro atoms. The Bertz CT molecular complexity index is 1210. The van der Waals surface area contributed by atoms with Crippen LogP contribution in [0, 0.1) is 11.8 Å². The average molecular weight is 547 g/mol. The van der Waals surface area contributed by atoms with E-state index < -0.39 is 48.4 Å². The largest absolute Gasteiger partial charge is 0.540 e. The van der Waals surface area contributed by atoms with E-state index >= 15 is 0 Å². The molecule has 212 valence electrons. The van der Waals surface area contributed by atoms with Gasteiger partial charge < -0.3 is 30.4 Å². The molecule has 1 fully saturated rings. The first-order valence-electron chi connectivity index (χ1n) is 12.6. The number of carbonyl (C=O) groups excluding carboxylic acids is 5. The van der Waals surface area contributed by atoms with E-state index in [1.807, 2.05) is 13.8 Å². The van der Waals surface area contributed by atoms with Gasteiger partial charge in [0.25, 0.3) is 5.91 Å². The minimum atomic E-state index is -1.15. The van der Waals surface area contributed by atoms with Gasteiger partial charge >= 0.3 is 6.16 Å². The van der Waals surface area contributed by atoms with Crippen molar-refractivity contribution >= 4 is 40.6 Å². The molecule has 1 saturated heterocycles. The number of aromatic nitrogens is 1. The first-order valence-corrected chi connectivity index (χ1v) is 12.6. The molecule has 0 saturated carbocycles. The second kappa shape index (κ2) is 13.6. The van der Waals surface area contributed by atoms with E-state index in [0.29, 0.717) is 29.6 Å². The molecule has 13 nitrogen and oxygen atoms in total. The van der Waals surface area contributed by atoms with Crippen LogP contribution in [-0.2, 0) is 28.9 Å². The number of nitrogens with one attached hydrogen (secondary N) is 4. The van der Waals surface area contributed by atoms with E-state index in [9.17, 15) is 24.0 Å². The standard InChI is InChI=1S/C26H34N4O9/c1-14(2)10-19(30-25(34)20-12-16-17(28-20)6-5-7-22(16)36-3)24(33)29-18(11-15-8-9-27-23(15)32)21(31)13-38-39-26(35)37-4/h5-7,12,14-15,18-19,28H,8-11,13H2,1-4H3,(H,27,32)(H,29,33)(H,30,34)/t15-,18?,19?/m0/s1. The number of ketones is 1. The van der Waals surface area contributed by atoms with E-state index in [2.05, 4.69) is 35.4 Å². The van der Waals surface area contributed by atoms with E-state index in [1.165, 1.54) is 7.11 Å². The van der Waals surface area contributed by atoms with E-state index in [-0.39, 0.29) is 30.4 Å². The lowest BCUT2D eigenvalue weighted by atomic mass is 9.95. The van der Waals surface area contributed by atoms with Crippen LogP contribution in [0.4, 0.5) is 4.79 Å². The highest BCUT2D eigenvalue weighted by molar-refractivity contribution is 6.02. The van der Waals surface area contributed by atoms with Gasteiger partial charge in [-0.3, -0.25) is 24.1 Å². The molecule has 13 heteroatoms. The lowest BCUT2D eigenvalue weighted by molar-refractivity contribution is -0.249. The zero-order chi connectivity index (χ0) is 28.5. The summed E-state index contributed by atoms with van der Waals surface area (Å²) < 4.78 is 9.63. The highest BCUT2D eigenvalue weighted by Gasteiger charge is 2.33. The predicted molar refractivity (Wildman–Crippen MR) is 138 cm³/mol.